The Kier molecular flexibility index (Phi) is 5.84. The molecule has 2 aromatic rings. The van der Waals surface area contributed by atoms with Gasteiger partial charge < -0.3 is 4.74 Å². The molecule has 148 valence electrons. The average Bonchev–Trinajstić information content (AvgIpc) is 2.69. The first-order valence-corrected chi connectivity index (χ1v) is 10.6. The minimum absolute atomic E-state index is 0.0415. The molecule has 2 aromatic carbocycles. The number of ketones is 1. The zero-order valence-corrected chi connectivity index (χ0v) is 16.7. The maximum Gasteiger partial charge on any atom is 0.338 e. The number of carbonyl (C=O) groups is 2. The zero-order chi connectivity index (χ0) is 20.3. The number of esters is 1. The molecule has 1 fully saturated rings. The summed E-state index contributed by atoms with van der Waals surface area (Å²) in [6, 6.07) is 12.7. The van der Waals surface area contributed by atoms with E-state index in [4.69, 9.17) is 4.74 Å². The minimum atomic E-state index is -3.70. The van der Waals surface area contributed by atoms with Gasteiger partial charge in [0.1, 0.15) is 0 Å². The van der Waals surface area contributed by atoms with Gasteiger partial charge in [-0.1, -0.05) is 17.7 Å². The van der Waals surface area contributed by atoms with E-state index < -0.39 is 22.1 Å². The highest BCUT2D eigenvalue weighted by molar-refractivity contribution is 7.92. The van der Waals surface area contributed by atoms with Crippen LogP contribution < -0.4 is 4.31 Å². The third kappa shape index (κ3) is 4.25. The first kappa shape index (κ1) is 20.1. The van der Waals surface area contributed by atoms with Crippen LogP contribution in [0.4, 0.5) is 5.69 Å². The molecule has 0 aliphatic heterocycles. The lowest BCUT2D eigenvalue weighted by Crippen LogP contribution is -2.30. The van der Waals surface area contributed by atoms with Crippen molar-refractivity contribution in [3.8, 4) is 0 Å². The Morgan fingerprint density at radius 3 is 2.29 bits per heavy atom. The molecule has 0 saturated heterocycles. The largest absolute Gasteiger partial charge is 0.451 e. The van der Waals surface area contributed by atoms with E-state index >= 15 is 0 Å². The van der Waals surface area contributed by atoms with Gasteiger partial charge in [0.25, 0.3) is 10.0 Å². The second-order valence-electron chi connectivity index (χ2n) is 6.94. The summed E-state index contributed by atoms with van der Waals surface area (Å²) < 4.78 is 32.0. The summed E-state index contributed by atoms with van der Waals surface area (Å²) in [5.74, 6) is -0.615. The van der Waals surface area contributed by atoms with Gasteiger partial charge >= 0.3 is 5.97 Å². The van der Waals surface area contributed by atoms with Gasteiger partial charge in [-0.3, -0.25) is 9.10 Å². The Morgan fingerprint density at radius 1 is 1.04 bits per heavy atom. The second kappa shape index (κ2) is 8.14. The fraction of sp³-hybridized carbons (Fsp3) is 0.333. The first-order chi connectivity index (χ1) is 13.3. The van der Waals surface area contributed by atoms with Crippen molar-refractivity contribution in [2.24, 2.45) is 0 Å². The summed E-state index contributed by atoms with van der Waals surface area (Å²) >= 11 is 0. The van der Waals surface area contributed by atoms with Crippen LogP contribution >= 0.6 is 0 Å². The van der Waals surface area contributed by atoms with E-state index in [0.717, 1.165) is 22.7 Å². The molecule has 1 aliphatic rings. The van der Waals surface area contributed by atoms with Crippen LogP contribution in [0.15, 0.2) is 53.4 Å². The maximum absolute atomic E-state index is 12.8. The van der Waals surface area contributed by atoms with Crippen LogP contribution in [0.5, 0.6) is 0 Å². The monoisotopic (exact) mass is 401 g/mol. The first-order valence-electron chi connectivity index (χ1n) is 9.18. The zero-order valence-electron chi connectivity index (χ0n) is 15.9. The van der Waals surface area contributed by atoms with Crippen molar-refractivity contribution in [3.05, 3.63) is 59.7 Å². The van der Waals surface area contributed by atoms with Crippen LogP contribution in [0.3, 0.4) is 0 Å². The molecule has 1 aliphatic carbocycles. The predicted molar refractivity (Wildman–Crippen MR) is 106 cm³/mol. The quantitative estimate of drug-likeness (QED) is 0.717. The molecule has 1 atom stereocenters. The summed E-state index contributed by atoms with van der Waals surface area (Å²) in [6.07, 6.45) is 2.03. The Bertz CT molecular complexity index is 965. The number of nitrogens with zero attached hydrogens (tertiary/aromatic N) is 1. The molecule has 0 amide bonds. The molecular formula is C21H23NO5S. The average molecular weight is 401 g/mol. The third-order valence-electron chi connectivity index (χ3n) is 4.89. The Hall–Kier alpha value is -2.67. The van der Waals surface area contributed by atoms with E-state index in [1.807, 2.05) is 6.92 Å². The Morgan fingerprint density at radius 2 is 1.68 bits per heavy atom. The number of carbonyl (C=O) groups excluding carboxylic acids is 2. The van der Waals surface area contributed by atoms with Crippen molar-refractivity contribution in [1.82, 2.24) is 0 Å². The summed E-state index contributed by atoms with van der Waals surface area (Å²) in [6.45, 7) is 1.89. The van der Waals surface area contributed by atoms with Crippen LogP contribution in [0, 0.1) is 6.92 Å². The van der Waals surface area contributed by atoms with Crippen LogP contribution in [0.1, 0.15) is 41.6 Å². The number of anilines is 1. The summed E-state index contributed by atoms with van der Waals surface area (Å²) in [5.41, 5.74) is 1.68. The van der Waals surface area contributed by atoms with Gasteiger partial charge in [0.2, 0.25) is 0 Å². The Labute approximate surface area is 165 Å². The number of ether oxygens (including phenoxy) is 1. The van der Waals surface area contributed by atoms with E-state index in [-0.39, 0.29) is 16.2 Å². The molecule has 7 heteroatoms. The van der Waals surface area contributed by atoms with Crippen molar-refractivity contribution in [2.45, 2.75) is 43.6 Å². The van der Waals surface area contributed by atoms with Gasteiger partial charge in [-0.25, -0.2) is 13.2 Å². The third-order valence-corrected chi connectivity index (χ3v) is 6.69. The maximum atomic E-state index is 12.8. The highest BCUT2D eigenvalue weighted by Gasteiger charge is 2.26. The second-order valence-corrected chi connectivity index (χ2v) is 8.91. The van der Waals surface area contributed by atoms with E-state index in [9.17, 15) is 18.0 Å². The van der Waals surface area contributed by atoms with Crippen molar-refractivity contribution in [1.29, 1.82) is 0 Å². The topological polar surface area (TPSA) is 80.8 Å². The Balaban J connectivity index is 1.73. The fourth-order valence-corrected chi connectivity index (χ4v) is 4.28. The SMILES string of the molecule is Cc1ccc(S(=O)(=O)N(C)c2ccc(C(=O)O[C@@H]3CCCCC3=O)cc2)cc1. The van der Waals surface area contributed by atoms with E-state index in [2.05, 4.69) is 0 Å². The number of sulfonamides is 1. The molecule has 28 heavy (non-hydrogen) atoms. The molecular weight excluding hydrogens is 378 g/mol. The number of benzene rings is 2. The number of aryl methyl sites for hydroxylation is 1. The van der Waals surface area contributed by atoms with Crippen LogP contribution in [0.25, 0.3) is 0 Å². The predicted octanol–water partition coefficient (Wildman–Crippen LogP) is 3.49. The fourth-order valence-electron chi connectivity index (χ4n) is 3.09. The lowest BCUT2D eigenvalue weighted by Gasteiger charge is -2.21. The molecule has 0 unspecified atom stereocenters. The van der Waals surface area contributed by atoms with E-state index in [1.54, 1.807) is 36.4 Å². The number of rotatable bonds is 5. The highest BCUT2D eigenvalue weighted by atomic mass is 32.2. The lowest BCUT2D eigenvalue weighted by atomic mass is 9.96. The van der Waals surface area contributed by atoms with Gasteiger partial charge in [-0.05, 0) is 62.6 Å². The number of Topliss-reactive ketones (excluding diaryl/α,β-unsaturated/α-hetero) is 1. The molecule has 0 aromatic heterocycles. The van der Waals surface area contributed by atoms with Crippen LogP contribution in [-0.2, 0) is 19.6 Å². The van der Waals surface area contributed by atoms with Gasteiger partial charge in [0, 0.05) is 13.5 Å². The smallest absolute Gasteiger partial charge is 0.338 e. The van der Waals surface area contributed by atoms with Crippen LogP contribution in [0.2, 0.25) is 0 Å². The molecule has 0 bridgehead atoms. The molecule has 3 rings (SSSR count). The van der Waals surface area contributed by atoms with Gasteiger partial charge in [-0.2, -0.15) is 0 Å². The number of hydrogen-bond donors (Lipinski definition) is 0. The normalized spacial score (nSPS) is 17.2. The molecule has 6 nitrogen and oxygen atoms in total. The molecule has 1 saturated carbocycles. The van der Waals surface area contributed by atoms with E-state index in [1.165, 1.54) is 19.2 Å². The van der Waals surface area contributed by atoms with Crippen molar-refractivity contribution >= 4 is 27.5 Å². The standard InChI is InChI=1S/C21H23NO5S/c1-15-7-13-18(14-8-15)28(25,26)22(2)17-11-9-16(10-12-17)21(24)27-20-6-4-3-5-19(20)23/h7-14,20H,3-6H2,1-2H3/t20-/m1/s1. The van der Waals surface area contributed by atoms with Crippen LogP contribution in [-0.4, -0.2) is 33.3 Å². The van der Waals surface area contributed by atoms with Gasteiger partial charge in [0.05, 0.1) is 16.1 Å². The van der Waals surface area contributed by atoms with Crippen molar-refractivity contribution in [2.75, 3.05) is 11.4 Å². The molecule has 0 radical (unpaired) electrons. The van der Waals surface area contributed by atoms with E-state index in [0.29, 0.717) is 18.5 Å². The number of hydrogen-bond acceptors (Lipinski definition) is 5. The van der Waals surface area contributed by atoms with Crippen molar-refractivity contribution in [3.63, 3.8) is 0 Å². The lowest BCUT2D eigenvalue weighted by molar-refractivity contribution is -0.129. The summed E-state index contributed by atoms with van der Waals surface area (Å²) in [4.78, 5) is 24.3. The molecule has 0 spiro atoms. The molecule has 0 N–H and O–H groups in total. The van der Waals surface area contributed by atoms with Gasteiger partial charge in [0.15, 0.2) is 11.9 Å². The summed E-state index contributed by atoms with van der Waals surface area (Å²) in [7, 11) is -2.24. The van der Waals surface area contributed by atoms with Gasteiger partial charge in [-0.15, -0.1) is 0 Å². The van der Waals surface area contributed by atoms with Crippen molar-refractivity contribution < 1.29 is 22.7 Å². The summed E-state index contributed by atoms with van der Waals surface area (Å²) in [5, 5.41) is 0. The molecule has 0 heterocycles. The highest BCUT2D eigenvalue weighted by Crippen LogP contribution is 2.24. The minimum Gasteiger partial charge on any atom is -0.451 e.